The Morgan fingerprint density at radius 2 is 2.04 bits per heavy atom. The van der Waals surface area contributed by atoms with Crippen LogP contribution in [0.3, 0.4) is 0 Å². The molecule has 0 spiro atoms. The number of nitrogens with zero attached hydrogens (tertiary/aromatic N) is 3. The Labute approximate surface area is 163 Å². The normalized spacial score (nSPS) is 15.6. The molecule has 2 aromatic heterocycles. The molecule has 4 rings (SSSR count). The summed E-state index contributed by atoms with van der Waals surface area (Å²) in [5, 5.41) is 7.07. The minimum atomic E-state index is 0.0384. The van der Waals surface area contributed by atoms with E-state index in [9.17, 15) is 4.79 Å². The first kappa shape index (κ1) is 18.4. The summed E-state index contributed by atoms with van der Waals surface area (Å²) in [5.74, 6) is 2.14. The van der Waals surface area contributed by atoms with Crippen LogP contribution in [0, 0.1) is 12.8 Å². The number of aryl methyl sites for hydroxylation is 1. The molecule has 7 heteroatoms. The number of likely N-dealkylation sites (tertiary alicyclic amines) is 1. The number of rotatable bonds is 6. The van der Waals surface area contributed by atoms with Crippen LogP contribution in [0.2, 0.25) is 0 Å². The molecule has 1 aliphatic rings. The molecule has 0 bridgehead atoms. The van der Waals surface area contributed by atoms with Crippen LogP contribution in [0.1, 0.15) is 30.1 Å². The Morgan fingerprint density at radius 3 is 2.79 bits per heavy atom. The maximum atomic E-state index is 12.3. The average Bonchev–Trinajstić information content (AvgIpc) is 3.39. The zero-order valence-corrected chi connectivity index (χ0v) is 15.9. The van der Waals surface area contributed by atoms with Gasteiger partial charge < -0.3 is 14.3 Å². The van der Waals surface area contributed by atoms with Crippen LogP contribution in [0.5, 0.6) is 0 Å². The van der Waals surface area contributed by atoms with Gasteiger partial charge in [0, 0.05) is 11.5 Å². The van der Waals surface area contributed by atoms with Gasteiger partial charge in [-0.2, -0.15) is 4.98 Å². The van der Waals surface area contributed by atoms with Crippen LogP contribution in [-0.2, 0) is 17.9 Å². The Balaban J connectivity index is 1.27. The van der Waals surface area contributed by atoms with Gasteiger partial charge in [-0.1, -0.05) is 29.4 Å². The molecule has 0 aliphatic carbocycles. The molecule has 0 atom stereocenters. The van der Waals surface area contributed by atoms with Crippen LogP contribution in [-0.4, -0.2) is 34.0 Å². The number of amides is 1. The molecule has 0 radical (unpaired) electrons. The predicted octanol–water partition coefficient (Wildman–Crippen LogP) is 3.17. The van der Waals surface area contributed by atoms with Gasteiger partial charge >= 0.3 is 0 Å². The van der Waals surface area contributed by atoms with Crippen LogP contribution >= 0.6 is 0 Å². The standard InChI is InChI=1S/C21H24N4O3/c1-15-5-2-3-7-18(15)20-23-19(28-24-20)14-25-10-8-16(9-11-25)21(26)22-13-17-6-4-12-27-17/h2-7,12,16H,8-11,13-14H2,1H3,(H,22,26). The fourth-order valence-corrected chi connectivity index (χ4v) is 3.53. The number of furan rings is 1. The van der Waals surface area contributed by atoms with Crippen molar-refractivity contribution < 1.29 is 13.7 Å². The van der Waals surface area contributed by atoms with Gasteiger partial charge in [-0.25, -0.2) is 0 Å². The highest BCUT2D eigenvalue weighted by Gasteiger charge is 2.26. The third-order valence-corrected chi connectivity index (χ3v) is 5.19. The van der Waals surface area contributed by atoms with E-state index in [2.05, 4.69) is 20.4 Å². The van der Waals surface area contributed by atoms with Crippen molar-refractivity contribution in [3.05, 3.63) is 59.9 Å². The summed E-state index contributed by atoms with van der Waals surface area (Å²) >= 11 is 0. The fourth-order valence-electron chi connectivity index (χ4n) is 3.53. The minimum absolute atomic E-state index is 0.0384. The summed E-state index contributed by atoms with van der Waals surface area (Å²) in [6.07, 6.45) is 3.26. The summed E-state index contributed by atoms with van der Waals surface area (Å²) in [5.41, 5.74) is 2.11. The monoisotopic (exact) mass is 380 g/mol. The molecule has 1 saturated heterocycles. The summed E-state index contributed by atoms with van der Waals surface area (Å²) in [6, 6.07) is 11.7. The second kappa shape index (κ2) is 8.39. The summed E-state index contributed by atoms with van der Waals surface area (Å²) in [7, 11) is 0. The summed E-state index contributed by atoms with van der Waals surface area (Å²) < 4.78 is 10.7. The van der Waals surface area contributed by atoms with Crippen molar-refractivity contribution in [3.8, 4) is 11.4 Å². The molecule has 3 aromatic rings. The molecule has 0 saturated carbocycles. The predicted molar refractivity (Wildman–Crippen MR) is 103 cm³/mol. The molecule has 28 heavy (non-hydrogen) atoms. The highest BCUT2D eigenvalue weighted by atomic mass is 16.5. The smallest absolute Gasteiger partial charge is 0.241 e. The lowest BCUT2D eigenvalue weighted by Gasteiger charge is -2.30. The Bertz CT molecular complexity index is 911. The quantitative estimate of drug-likeness (QED) is 0.707. The Morgan fingerprint density at radius 1 is 1.21 bits per heavy atom. The van der Waals surface area contributed by atoms with E-state index in [1.807, 2.05) is 43.3 Å². The maximum absolute atomic E-state index is 12.3. The van der Waals surface area contributed by atoms with Crippen molar-refractivity contribution >= 4 is 5.91 Å². The van der Waals surface area contributed by atoms with Gasteiger partial charge in [0.25, 0.3) is 0 Å². The lowest BCUT2D eigenvalue weighted by molar-refractivity contribution is -0.126. The van der Waals surface area contributed by atoms with E-state index in [1.54, 1.807) is 6.26 Å². The van der Waals surface area contributed by atoms with Gasteiger partial charge in [0.05, 0.1) is 19.4 Å². The van der Waals surface area contributed by atoms with Gasteiger partial charge in [0.15, 0.2) is 0 Å². The van der Waals surface area contributed by atoms with E-state index < -0.39 is 0 Å². The molecule has 7 nitrogen and oxygen atoms in total. The van der Waals surface area contributed by atoms with Gasteiger partial charge in [0.1, 0.15) is 5.76 Å². The number of benzene rings is 1. The maximum Gasteiger partial charge on any atom is 0.241 e. The van der Waals surface area contributed by atoms with Gasteiger partial charge in [-0.3, -0.25) is 9.69 Å². The number of hydrogen-bond acceptors (Lipinski definition) is 6. The summed E-state index contributed by atoms with van der Waals surface area (Å²) in [6.45, 7) is 4.75. The molecule has 1 N–H and O–H groups in total. The van der Waals surface area contributed by atoms with Crippen molar-refractivity contribution in [2.24, 2.45) is 5.92 Å². The molecular formula is C21H24N4O3. The molecule has 0 unspecified atom stereocenters. The molecule has 1 aliphatic heterocycles. The van der Waals surface area contributed by atoms with Crippen molar-refractivity contribution in [1.82, 2.24) is 20.4 Å². The van der Waals surface area contributed by atoms with Crippen molar-refractivity contribution in [2.45, 2.75) is 32.9 Å². The van der Waals surface area contributed by atoms with Crippen LogP contribution < -0.4 is 5.32 Å². The first-order valence-electron chi connectivity index (χ1n) is 9.60. The van der Waals surface area contributed by atoms with Gasteiger partial charge in [0.2, 0.25) is 17.6 Å². The van der Waals surface area contributed by atoms with E-state index in [4.69, 9.17) is 8.94 Å². The van der Waals surface area contributed by atoms with Crippen LogP contribution in [0.4, 0.5) is 0 Å². The SMILES string of the molecule is Cc1ccccc1-c1noc(CN2CCC(C(=O)NCc3ccco3)CC2)n1. The van der Waals surface area contributed by atoms with E-state index in [-0.39, 0.29) is 11.8 Å². The number of hydrogen-bond donors (Lipinski definition) is 1. The highest BCUT2D eigenvalue weighted by molar-refractivity contribution is 5.78. The zero-order valence-electron chi connectivity index (χ0n) is 15.9. The first-order valence-corrected chi connectivity index (χ1v) is 9.60. The molecule has 3 heterocycles. The Kier molecular flexibility index (Phi) is 5.53. The summed E-state index contributed by atoms with van der Waals surface area (Å²) in [4.78, 5) is 19.1. The lowest BCUT2D eigenvalue weighted by Crippen LogP contribution is -2.40. The van der Waals surface area contributed by atoms with E-state index in [1.165, 1.54) is 0 Å². The first-order chi connectivity index (χ1) is 13.7. The number of nitrogens with one attached hydrogen (secondary N) is 1. The van der Waals surface area contributed by atoms with Crippen LogP contribution in [0.15, 0.2) is 51.6 Å². The number of piperidine rings is 1. The number of carbonyl (C=O) groups excluding carboxylic acids is 1. The lowest BCUT2D eigenvalue weighted by atomic mass is 9.96. The third kappa shape index (κ3) is 4.31. The molecule has 1 amide bonds. The molecular weight excluding hydrogens is 356 g/mol. The second-order valence-corrected chi connectivity index (χ2v) is 7.17. The second-order valence-electron chi connectivity index (χ2n) is 7.17. The molecule has 1 fully saturated rings. The topological polar surface area (TPSA) is 84.4 Å². The largest absolute Gasteiger partial charge is 0.467 e. The van der Waals surface area contributed by atoms with Gasteiger partial charge in [-0.05, 0) is 50.6 Å². The highest BCUT2D eigenvalue weighted by Crippen LogP contribution is 2.22. The van der Waals surface area contributed by atoms with Gasteiger partial charge in [-0.15, -0.1) is 0 Å². The van der Waals surface area contributed by atoms with E-state index in [0.29, 0.717) is 24.8 Å². The third-order valence-electron chi connectivity index (χ3n) is 5.19. The molecule has 146 valence electrons. The fraction of sp³-hybridized carbons (Fsp3) is 0.381. The van der Waals surface area contributed by atoms with Crippen molar-refractivity contribution in [3.63, 3.8) is 0 Å². The van der Waals surface area contributed by atoms with Crippen molar-refractivity contribution in [1.29, 1.82) is 0 Å². The minimum Gasteiger partial charge on any atom is -0.467 e. The molecule has 1 aromatic carbocycles. The number of aromatic nitrogens is 2. The van der Waals surface area contributed by atoms with Crippen molar-refractivity contribution in [2.75, 3.05) is 13.1 Å². The van der Waals surface area contributed by atoms with E-state index >= 15 is 0 Å². The number of carbonyl (C=O) groups is 1. The van der Waals surface area contributed by atoms with E-state index in [0.717, 1.165) is 42.8 Å². The van der Waals surface area contributed by atoms with Crippen LogP contribution in [0.25, 0.3) is 11.4 Å². The Hall–Kier alpha value is -2.93. The zero-order chi connectivity index (χ0) is 19.3. The average molecular weight is 380 g/mol.